The van der Waals surface area contributed by atoms with Crippen LogP contribution in [0.4, 0.5) is 11.4 Å². The van der Waals surface area contributed by atoms with E-state index < -0.39 is 6.10 Å². The number of benzene rings is 2. The van der Waals surface area contributed by atoms with Crippen molar-refractivity contribution in [2.75, 3.05) is 17.7 Å². The number of hydrogen-bond acceptors (Lipinski definition) is 4. The Bertz CT molecular complexity index is 745. The van der Waals surface area contributed by atoms with E-state index in [9.17, 15) is 9.59 Å². The van der Waals surface area contributed by atoms with Crippen LogP contribution in [0.2, 0.25) is 0 Å². The number of para-hydroxylation sites is 4. The summed E-state index contributed by atoms with van der Waals surface area (Å²) in [5.74, 6) is 0.454. The third-order valence-corrected chi connectivity index (χ3v) is 3.46. The Morgan fingerprint density at radius 2 is 1.96 bits per heavy atom. The maximum atomic E-state index is 12.2. The molecule has 0 spiro atoms. The summed E-state index contributed by atoms with van der Waals surface area (Å²) in [6, 6.07) is 14.2. The lowest BCUT2D eigenvalue weighted by atomic mass is 10.1. The Morgan fingerprint density at radius 1 is 1.22 bits per heavy atom. The normalized spacial score (nSPS) is 15.9. The van der Waals surface area contributed by atoms with E-state index in [1.54, 1.807) is 36.4 Å². The third-order valence-electron chi connectivity index (χ3n) is 3.46. The van der Waals surface area contributed by atoms with Crippen molar-refractivity contribution in [2.45, 2.75) is 12.5 Å². The van der Waals surface area contributed by atoms with Crippen molar-refractivity contribution < 1.29 is 19.1 Å². The number of carbonyl (C=O) groups excluding carboxylic acids is 2. The van der Waals surface area contributed by atoms with Gasteiger partial charge in [0.05, 0.1) is 24.9 Å². The SMILES string of the molecule is COc1ccccc1NC(=O)CC1Oc2ccccc2NC1=O. The second-order valence-corrected chi connectivity index (χ2v) is 5.04. The van der Waals surface area contributed by atoms with Gasteiger partial charge in [-0.05, 0) is 24.3 Å². The molecule has 0 fully saturated rings. The van der Waals surface area contributed by atoms with Crippen LogP contribution in [-0.2, 0) is 9.59 Å². The number of amides is 2. The van der Waals surface area contributed by atoms with Crippen LogP contribution in [-0.4, -0.2) is 25.0 Å². The van der Waals surface area contributed by atoms with Crippen LogP contribution in [0.1, 0.15) is 6.42 Å². The van der Waals surface area contributed by atoms with Gasteiger partial charge in [-0.15, -0.1) is 0 Å². The van der Waals surface area contributed by atoms with E-state index in [-0.39, 0.29) is 18.2 Å². The summed E-state index contributed by atoms with van der Waals surface area (Å²) in [6.07, 6.45) is -0.947. The van der Waals surface area contributed by atoms with E-state index >= 15 is 0 Å². The maximum absolute atomic E-state index is 12.2. The fraction of sp³-hybridized carbons (Fsp3) is 0.176. The third kappa shape index (κ3) is 3.26. The molecule has 0 aromatic heterocycles. The number of carbonyl (C=O) groups is 2. The summed E-state index contributed by atoms with van der Waals surface area (Å²) >= 11 is 0. The molecule has 1 aliphatic heterocycles. The first kappa shape index (κ1) is 14.9. The van der Waals surface area contributed by atoms with Gasteiger partial charge in [0.2, 0.25) is 5.91 Å². The number of nitrogens with one attached hydrogen (secondary N) is 2. The molecular weight excluding hydrogens is 296 g/mol. The molecule has 1 unspecified atom stereocenters. The highest BCUT2D eigenvalue weighted by atomic mass is 16.5. The fourth-order valence-electron chi connectivity index (χ4n) is 2.34. The van der Waals surface area contributed by atoms with Crippen LogP contribution in [0.5, 0.6) is 11.5 Å². The average molecular weight is 312 g/mol. The van der Waals surface area contributed by atoms with E-state index in [1.165, 1.54) is 7.11 Å². The van der Waals surface area contributed by atoms with Gasteiger partial charge in [0.15, 0.2) is 6.10 Å². The summed E-state index contributed by atoms with van der Waals surface area (Å²) in [7, 11) is 1.53. The van der Waals surface area contributed by atoms with E-state index in [2.05, 4.69) is 10.6 Å². The zero-order valence-corrected chi connectivity index (χ0v) is 12.5. The highest BCUT2D eigenvalue weighted by molar-refractivity contribution is 6.02. The summed E-state index contributed by atoms with van der Waals surface area (Å²) in [6.45, 7) is 0. The van der Waals surface area contributed by atoms with Crippen molar-refractivity contribution in [3.05, 3.63) is 48.5 Å². The van der Waals surface area contributed by atoms with Crippen LogP contribution in [0.3, 0.4) is 0 Å². The minimum absolute atomic E-state index is 0.0851. The van der Waals surface area contributed by atoms with Gasteiger partial charge in [-0.25, -0.2) is 0 Å². The molecule has 0 saturated carbocycles. The molecule has 2 aromatic rings. The molecule has 3 rings (SSSR count). The van der Waals surface area contributed by atoms with E-state index in [0.717, 1.165) is 0 Å². The quantitative estimate of drug-likeness (QED) is 0.909. The van der Waals surface area contributed by atoms with E-state index in [4.69, 9.17) is 9.47 Å². The van der Waals surface area contributed by atoms with Crippen LogP contribution in [0.25, 0.3) is 0 Å². The van der Waals surface area contributed by atoms with Crippen LogP contribution >= 0.6 is 0 Å². The van der Waals surface area contributed by atoms with E-state index in [1.807, 2.05) is 12.1 Å². The minimum atomic E-state index is -0.861. The number of ether oxygens (including phenoxy) is 2. The molecule has 2 amide bonds. The maximum Gasteiger partial charge on any atom is 0.266 e. The number of hydrogen-bond donors (Lipinski definition) is 2. The molecule has 23 heavy (non-hydrogen) atoms. The van der Waals surface area contributed by atoms with Gasteiger partial charge in [0.1, 0.15) is 11.5 Å². The minimum Gasteiger partial charge on any atom is -0.495 e. The number of methoxy groups -OCH3 is 1. The number of rotatable bonds is 4. The van der Waals surface area contributed by atoms with Crippen molar-refractivity contribution in [1.29, 1.82) is 0 Å². The monoisotopic (exact) mass is 312 g/mol. The first-order chi connectivity index (χ1) is 11.2. The first-order valence-corrected chi connectivity index (χ1v) is 7.17. The first-order valence-electron chi connectivity index (χ1n) is 7.17. The van der Waals surface area contributed by atoms with Crippen molar-refractivity contribution in [1.82, 2.24) is 0 Å². The number of fused-ring (bicyclic) bond motifs is 1. The molecule has 0 radical (unpaired) electrons. The molecule has 2 N–H and O–H groups in total. The highest BCUT2D eigenvalue weighted by Crippen LogP contribution is 2.30. The van der Waals surface area contributed by atoms with Gasteiger partial charge in [-0.3, -0.25) is 9.59 Å². The Morgan fingerprint density at radius 3 is 2.78 bits per heavy atom. The molecule has 1 aliphatic rings. The lowest BCUT2D eigenvalue weighted by Gasteiger charge is -2.25. The summed E-state index contributed by atoms with van der Waals surface area (Å²) in [5, 5.41) is 5.46. The Kier molecular flexibility index (Phi) is 4.14. The lowest BCUT2D eigenvalue weighted by molar-refractivity contribution is -0.128. The van der Waals surface area contributed by atoms with Crippen LogP contribution in [0.15, 0.2) is 48.5 Å². The fourth-order valence-corrected chi connectivity index (χ4v) is 2.34. The lowest BCUT2D eigenvalue weighted by Crippen LogP contribution is -2.39. The zero-order valence-electron chi connectivity index (χ0n) is 12.5. The molecule has 0 bridgehead atoms. The predicted molar refractivity (Wildman–Crippen MR) is 85.7 cm³/mol. The number of anilines is 2. The molecule has 0 aliphatic carbocycles. The molecule has 0 saturated heterocycles. The van der Waals surface area contributed by atoms with E-state index in [0.29, 0.717) is 22.9 Å². The molecule has 2 aromatic carbocycles. The standard InChI is InChI=1S/C17H16N2O4/c1-22-13-8-4-2-6-11(13)18-16(20)10-15-17(21)19-12-7-3-5-9-14(12)23-15/h2-9,15H,10H2,1H3,(H,18,20)(H,19,21). The summed E-state index contributed by atoms with van der Waals surface area (Å²) in [5.41, 5.74) is 1.16. The van der Waals surface area contributed by atoms with Gasteiger partial charge in [-0.1, -0.05) is 24.3 Å². The molecular formula is C17H16N2O4. The van der Waals surface area contributed by atoms with Crippen molar-refractivity contribution >= 4 is 23.2 Å². The largest absolute Gasteiger partial charge is 0.495 e. The van der Waals surface area contributed by atoms with Gasteiger partial charge in [-0.2, -0.15) is 0 Å². The van der Waals surface area contributed by atoms with Crippen molar-refractivity contribution in [3.63, 3.8) is 0 Å². The van der Waals surface area contributed by atoms with Crippen molar-refractivity contribution in [3.8, 4) is 11.5 Å². The molecule has 6 nitrogen and oxygen atoms in total. The van der Waals surface area contributed by atoms with Gasteiger partial charge < -0.3 is 20.1 Å². The summed E-state index contributed by atoms with van der Waals surface area (Å²) < 4.78 is 10.8. The Hall–Kier alpha value is -3.02. The molecule has 6 heteroatoms. The van der Waals surface area contributed by atoms with Gasteiger partial charge in [0, 0.05) is 0 Å². The molecule has 1 atom stereocenters. The molecule has 118 valence electrons. The molecule has 1 heterocycles. The van der Waals surface area contributed by atoms with Crippen molar-refractivity contribution in [2.24, 2.45) is 0 Å². The topological polar surface area (TPSA) is 76.7 Å². The second-order valence-electron chi connectivity index (χ2n) is 5.04. The predicted octanol–water partition coefficient (Wildman–Crippen LogP) is 2.42. The van der Waals surface area contributed by atoms with Crippen LogP contribution < -0.4 is 20.1 Å². The average Bonchev–Trinajstić information content (AvgIpc) is 2.56. The summed E-state index contributed by atoms with van der Waals surface area (Å²) in [4.78, 5) is 24.2. The highest BCUT2D eigenvalue weighted by Gasteiger charge is 2.29. The Balaban J connectivity index is 1.68. The van der Waals surface area contributed by atoms with Gasteiger partial charge >= 0.3 is 0 Å². The van der Waals surface area contributed by atoms with Crippen LogP contribution in [0, 0.1) is 0 Å². The second kappa shape index (κ2) is 6.39. The Labute approximate surface area is 133 Å². The van der Waals surface area contributed by atoms with Gasteiger partial charge in [0.25, 0.3) is 5.91 Å². The smallest absolute Gasteiger partial charge is 0.266 e. The zero-order chi connectivity index (χ0) is 16.2.